The molecule has 0 aliphatic heterocycles. The minimum atomic E-state index is -0.743. The van der Waals surface area contributed by atoms with Gasteiger partial charge in [0.15, 0.2) is 0 Å². The van der Waals surface area contributed by atoms with Gasteiger partial charge in [-0.15, -0.1) is 0 Å². The number of ether oxygens (including phenoxy) is 2. The molecule has 0 atom stereocenters. The molecule has 5 heteroatoms. The smallest absolute Gasteiger partial charge is 0.345 e. The van der Waals surface area contributed by atoms with E-state index in [-0.39, 0.29) is 12.1 Å². The van der Waals surface area contributed by atoms with Gasteiger partial charge in [0, 0.05) is 6.54 Å². The van der Waals surface area contributed by atoms with Gasteiger partial charge >= 0.3 is 11.9 Å². The molecule has 0 radical (unpaired) electrons. The summed E-state index contributed by atoms with van der Waals surface area (Å²) in [7, 11) is 2.35. The van der Waals surface area contributed by atoms with Crippen LogP contribution in [0, 0.1) is 0 Å². The van der Waals surface area contributed by atoms with Crippen LogP contribution in [0.1, 0.15) is 0 Å². The lowest BCUT2D eigenvalue weighted by Gasteiger charge is -2.01. The normalized spacial score (nSPS) is 8.58. The van der Waals surface area contributed by atoms with E-state index in [9.17, 15) is 9.59 Å². The third-order valence-corrected chi connectivity index (χ3v) is 1.13. The number of hydrogen-bond acceptors (Lipinski definition) is 5. The van der Waals surface area contributed by atoms with Crippen molar-refractivity contribution < 1.29 is 19.1 Å². The number of carbonyl (C=O) groups excluding carboxylic acids is 2. The Balaban J connectivity index is 4.55. The molecule has 12 heavy (non-hydrogen) atoms. The molecule has 2 N–H and O–H groups in total. The highest BCUT2D eigenvalue weighted by Gasteiger charge is 2.18. The molecule has 0 spiro atoms. The largest absolute Gasteiger partial charge is 0.465 e. The number of hydrogen-bond donors (Lipinski definition) is 1. The van der Waals surface area contributed by atoms with E-state index in [4.69, 9.17) is 5.73 Å². The summed E-state index contributed by atoms with van der Waals surface area (Å²) in [4.78, 5) is 21.7. The zero-order valence-electron chi connectivity index (χ0n) is 6.99. The van der Waals surface area contributed by atoms with Gasteiger partial charge in [-0.3, -0.25) is 0 Å². The predicted octanol–water partition coefficient (Wildman–Crippen LogP) is -0.782. The summed E-state index contributed by atoms with van der Waals surface area (Å²) in [6, 6.07) is 0. The van der Waals surface area contributed by atoms with E-state index in [2.05, 4.69) is 9.47 Å². The van der Waals surface area contributed by atoms with Gasteiger partial charge in [-0.25, -0.2) is 9.59 Å². The van der Waals surface area contributed by atoms with Crippen LogP contribution in [0.3, 0.4) is 0 Å². The van der Waals surface area contributed by atoms with Crippen molar-refractivity contribution in [3.63, 3.8) is 0 Å². The van der Waals surface area contributed by atoms with Gasteiger partial charge in [-0.2, -0.15) is 0 Å². The highest BCUT2D eigenvalue weighted by molar-refractivity contribution is 6.13. The van der Waals surface area contributed by atoms with Crippen LogP contribution < -0.4 is 5.73 Å². The van der Waals surface area contributed by atoms with Crippen LogP contribution >= 0.6 is 0 Å². The van der Waals surface area contributed by atoms with Crippen molar-refractivity contribution in [2.24, 2.45) is 5.73 Å². The lowest BCUT2D eigenvalue weighted by molar-refractivity contribution is -0.144. The molecule has 0 saturated heterocycles. The summed E-state index contributed by atoms with van der Waals surface area (Å²) in [6.07, 6.45) is 1.25. The van der Waals surface area contributed by atoms with Gasteiger partial charge in [-0.1, -0.05) is 0 Å². The van der Waals surface area contributed by atoms with Gasteiger partial charge in [0.25, 0.3) is 0 Å². The first-order valence-corrected chi connectivity index (χ1v) is 3.24. The Labute approximate surface area is 70.1 Å². The van der Waals surface area contributed by atoms with E-state index in [0.717, 1.165) is 0 Å². The number of nitrogens with two attached hydrogens (primary N) is 1. The van der Waals surface area contributed by atoms with Crippen molar-refractivity contribution in [2.45, 2.75) is 0 Å². The molecule has 0 aromatic heterocycles. The van der Waals surface area contributed by atoms with Gasteiger partial charge in [-0.05, 0) is 6.08 Å². The molecule has 68 valence electrons. The number of rotatable bonds is 3. The van der Waals surface area contributed by atoms with Crippen LogP contribution in [0.5, 0.6) is 0 Å². The van der Waals surface area contributed by atoms with Gasteiger partial charge < -0.3 is 15.2 Å². The number of methoxy groups -OCH3 is 2. The van der Waals surface area contributed by atoms with E-state index in [0.29, 0.717) is 0 Å². The van der Waals surface area contributed by atoms with E-state index in [1.54, 1.807) is 0 Å². The minimum absolute atomic E-state index is 0.0829. The average molecular weight is 173 g/mol. The molecular formula is C7H11NO4. The van der Waals surface area contributed by atoms with Crippen molar-refractivity contribution in [3.05, 3.63) is 11.6 Å². The first-order valence-electron chi connectivity index (χ1n) is 3.24. The van der Waals surface area contributed by atoms with Crippen LogP contribution in [0.15, 0.2) is 11.6 Å². The second-order valence-electron chi connectivity index (χ2n) is 1.84. The Morgan fingerprint density at radius 3 is 1.92 bits per heavy atom. The topological polar surface area (TPSA) is 78.6 Å². The zero-order chi connectivity index (χ0) is 9.56. The Bertz CT molecular complexity index is 191. The molecule has 0 rings (SSSR count). The fourth-order valence-electron chi connectivity index (χ4n) is 0.588. The minimum Gasteiger partial charge on any atom is -0.465 e. The number of carbonyl (C=O) groups is 2. The molecule has 0 aromatic rings. The highest BCUT2D eigenvalue weighted by Crippen LogP contribution is 1.98. The molecule has 0 heterocycles. The van der Waals surface area contributed by atoms with Gasteiger partial charge in [0.1, 0.15) is 5.57 Å². The Morgan fingerprint density at radius 1 is 1.25 bits per heavy atom. The van der Waals surface area contributed by atoms with Gasteiger partial charge in [0.2, 0.25) is 0 Å². The molecule has 0 aliphatic carbocycles. The maximum absolute atomic E-state index is 10.9. The first-order chi connectivity index (χ1) is 5.67. The third-order valence-electron chi connectivity index (χ3n) is 1.13. The standard InChI is InChI=1S/C7H11NO4/c1-11-6(9)5(3-4-8)7(10)12-2/h3H,4,8H2,1-2H3. The maximum atomic E-state index is 10.9. The summed E-state index contributed by atoms with van der Waals surface area (Å²) in [5, 5.41) is 0. The molecule has 0 saturated carbocycles. The van der Waals surface area contributed by atoms with Crippen LogP contribution in [0.4, 0.5) is 0 Å². The molecule has 0 fully saturated rings. The molecule has 5 nitrogen and oxygen atoms in total. The average Bonchev–Trinajstić information content (AvgIpc) is 2.11. The second kappa shape index (κ2) is 5.31. The Morgan fingerprint density at radius 2 is 1.67 bits per heavy atom. The van der Waals surface area contributed by atoms with Crippen LogP contribution in [-0.4, -0.2) is 32.7 Å². The summed E-state index contributed by atoms with van der Waals surface area (Å²) in [6.45, 7) is 0.0829. The van der Waals surface area contributed by atoms with E-state index in [1.165, 1.54) is 20.3 Å². The monoisotopic (exact) mass is 173 g/mol. The van der Waals surface area contributed by atoms with Crippen LogP contribution in [0.25, 0.3) is 0 Å². The zero-order valence-corrected chi connectivity index (χ0v) is 6.99. The SMILES string of the molecule is COC(=O)C(=CCN)C(=O)OC. The van der Waals surface area contributed by atoms with Crippen LogP contribution in [0.2, 0.25) is 0 Å². The fourth-order valence-corrected chi connectivity index (χ4v) is 0.588. The number of esters is 2. The summed E-state index contributed by atoms with van der Waals surface area (Å²) in [5.41, 5.74) is 4.94. The van der Waals surface area contributed by atoms with Gasteiger partial charge in [0.05, 0.1) is 14.2 Å². The van der Waals surface area contributed by atoms with E-state index >= 15 is 0 Å². The highest BCUT2D eigenvalue weighted by atomic mass is 16.5. The second-order valence-corrected chi connectivity index (χ2v) is 1.84. The fraction of sp³-hybridized carbons (Fsp3) is 0.429. The predicted molar refractivity (Wildman–Crippen MR) is 41.2 cm³/mol. The first kappa shape index (κ1) is 10.6. The molecule has 0 aliphatic rings. The maximum Gasteiger partial charge on any atom is 0.345 e. The van der Waals surface area contributed by atoms with Crippen molar-refractivity contribution in [3.8, 4) is 0 Å². The summed E-state index contributed by atoms with van der Waals surface area (Å²) in [5.74, 6) is -1.49. The van der Waals surface area contributed by atoms with Crippen molar-refractivity contribution in [2.75, 3.05) is 20.8 Å². The third kappa shape index (κ3) is 2.71. The molecule has 0 aromatic carbocycles. The molecular weight excluding hydrogens is 162 g/mol. The molecule has 0 amide bonds. The quantitative estimate of drug-likeness (QED) is 0.262. The molecule has 0 bridgehead atoms. The van der Waals surface area contributed by atoms with Crippen molar-refractivity contribution in [1.82, 2.24) is 0 Å². The Hall–Kier alpha value is -1.36. The lowest BCUT2D eigenvalue weighted by Crippen LogP contribution is -2.17. The molecule has 0 unspecified atom stereocenters. The Kier molecular flexibility index (Phi) is 4.71. The van der Waals surface area contributed by atoms with E-state index < -0.39 is 11.9 Å². The lowest BCUT2D eigenvalue weighted by atomic mass is 10.2. The van der Waals surface area contributed by atoms with E-state index in [1.807, 2.05) is 0 Å². The van der Waals surface area contributed by atoms with Crippen molar-refractivity contribution in [1.29, 1.82) is 0 Å². The summed E-state index contributed by atoms with van der Waals surface area (Å²) >= 11 is 0. The van der Waals surface area contributed by atoms with Crippen LogP contribution in [-0.2, 0) is 19.1 Å². The summed E-state index contributed by atoms with van der Waals surface area (Å²) < 4.78 is 8.65. The van der Waals surface area contributed by atoms with Crippen molar-refractivity contribution >= 4 is 11.9 Å².